The van der Waals surface area contributed by atoms with Crippen molar-refractivity contribution in [3.8, 4) is 0 Å². The van der Waals surface area contributed by atoms with Crippen LogP contribution in [-0.4, -0.2) is 5.91 Å². The number of anilines is 1. The second-order valence-corrected chi connectivity index (χ2v) is 6.30. The Bertz CT molecular complexity index is 765. The topological polar surface area (TPSA) is 29.1 Å². The van der Waals surface area contributed by atoms with Crippen LogP contribution in [0.15, 0.2) is 48.5 Å². The van der Waals surface area contributed by atoms with E-state index in [4.69, 9.17) is 0 Å². The predicted molar refractivity (Wildman–Crippen MR) is 86.6 cm³/mol. The zero-order valence-corrected chi connectivity index (χ0v) is 13.4. The number of carbonyl (C=O) groups excluding carboxylic acids is 1. The first-order valence-electron chi connectivity index (χ1n) is 8.07. The van der Waals surface area contributed by atoms with Crippen LogP contribution in [0.3, 0.4) is 0 Å². The molecule has 1 fully saturated rings. The summed E-state index contributed by atoms with van der Waals surface area (Å²) >= 11 is 0. The number of nitrogens with one attached hydrogen (secondary N) is 1. The van der Waals surface area contributed by atoms with Gasteiger partial charge in [0.15, 0.2) is 0 Å². The normalized spacial score (nSPS) is 16.6. The van der Waals surface area contributed by atoms with Crippen molar-refractivity contribution in [3.63, 3.8) is 0 Å². The zero-order chi connectivity index (χ0) is 18.1. The fourth-order valence-corrected chi connectivity index (χ4v) is 3.48. The maximum atomic E-state index is 13.2. The molecule has 1 aliphatic rings. The third kappa shape index (κ3) is 3.38. The van der Waals surface area contributed by atoms with Gasteiger partial charge in [-0.05, 0) is 36.6 Å². The summed E-state index contributed by atoms with van der Waals surface area (Å²) in [6, 6.07) is 11.4. The van der Waals surface area contributed by atoms with E-state index in [1.54, 1.807) is 0 Å². The Morgan fingerprint density at radius 1 is 1.00 bits per heavy atom. The molecule has 2 nitrogen and oxygen atoms in total. The average Bonchev–Trinajstić information content (AvgIpc) is 3.07. The number of alkyl halides is 3. The average molecular weight is 351 g/mol. The first-order valence-corrected chi connectivity index (χ1v) is 8.07. The van der Waals surface area contributed by atoms with Crippen LogP contribution in [0.1, 0.15) is 36.8 Å². The first-order chi connectivity index (χ1) is 11.8. The molecule has 1 amide bonds. The van der Waals surface area contributed by atoms with Crippen LogP contribution in [-0.2, 0) is 16.4 Å². The molecule has 0 saturated heterocycles. The van der Waals surface area contributed by atoms with E-state index in [0.29, 0.717) is 18.9 Å². The van der Waals surface area contributed by atoms with Gasteiger partial charge in [0.25, 0.3) is 0 Å². The summed E-state index contributed by atoms with van der Waals surface area (Å²) in [5.74, 6) is -1.47. The lowest BCUT2D eigenvalue weighted by Crippen LogP contribution is -2.38. The van der Waals surface area contributed by atoms with Crippen LogP contribution in [0.4, 0.5) is 23.2 Å². The SMILES string of the molecule is O=C(Nc1ccc(F)cc1C(F)(F)F)C1(c2ccccc2)CCCC1. The quantitative estimate of drug-likeness (QED) is 0.748. The molecule has 1 N–H and O–H groups in total. The van der Waals surface area contributed by atoms with E-state index in [0.717, 1.165) is 30.5 Å². The molecular formula is C19H17F4NO. The van der Waals surface area contributed by atoms with E-state index in [9.17, 15) is 22.4 Å². The lowest BCUT2D eigenvalue weighted by molar-refractivity contribution is -0.137. The van der Waals surface area contributed by atoms with Crippen molar-refractivity contribution >= 4 is 11.6 Å². The van der Waals surface area contributed by atoms with Gasteiger partial charge in [-0.15, -0.1) is 0 Å². The van der Waals surface area contributed by atoms with Crippen molar-refractivity contribution in [2.75, 3.05) is 5.32 Å². The van der Waals surface area contributed by atoms with Gasteiger partial charge in [-0.3, -0.25) is 4.79 Å². The summed E-state index contributed by atoms with van der Waals surface area (Å²) in [5, 5.41) is 2.40. The number of amides is 1. The minimum atomic E-state index is -4.75. The van der Waals surface area contributed by atoms with Crippen LogP contribution in [0.2, 0.25) is 0 Å². The summed E-state index contributed by atoms with van der Waals surface area (Å²) in [6.45, 7) is 0. The van der Waals surface area contributed by atoms with Crippen LogP contribution < -0.4 is 5.32 Å². The minimum absolute atomic E-state index is 0.402. The number of carbonyl (C=O) groups is 1. The number of halogens is 4. The molecule has 0 atom stereocenters. The lowest BCUT2D eigenvalue weighted by atomic mass is 9.78. The summed E-state index contributed by atoms with van der Waals surface area (Å²) in [7, 11) is 0. The van der Waals surface area contributed by atoms with Crippen LogP contribution in [0.25, 0.3) is 0 Å². The molecule has 6 heteroatoms. The Morgan fingerprint density at radius 2 is 1.64 bits per heavy atom. The van der Waals surface area contributed by atoms with E-state index >= 15 is 0 Å². The maximum absolute atomic E-state index is 13.2. The molecule has 0 aliphatic heterocycles. The maximum Gasteiger partial charge on any atom is 0.418 e. The van der Waals surface area contributed by atoms with Crippen LogP contribution in [0.5, 0.6) is 0 Å². The Labute approximate surface area is 142 Å². The van der Waals surface area contributed by atoms with E-state index < -0.39 is 34.6 Å². The zero-order valence-electron chi connectivity index (χ0n) is 13.4. The molecular weight excluding hydrogens is 334 g/mol. The van der Waals surface area contributed by atoms with Crippen LogP contribution in [0, 0.1) is 5.82 Å². The highest BCUT2D eigenvalue weighted by atomic mass is 19.4. The molecule has 0 unspecified atom stereocenters. The second-order valence-electron chi connectivity index (χ2n) is 6.30. The summed E-state index contributed by atoms with van der Waals surface area (Å²) in [5.41, 5.74) is -1.65. The predicted octanol–water partition coefficient (Wildman–Crippen LogP) is 5.30. The van der Waals surface area contributed by atoms with Gasteiger partial charge in [-0.2, -0.15) is 13.2 Å². The summed E-state index contributed by atoms with van der Waals surface area (Å²) in [6.07, 6.45) is -1.94. The Balaban J connectivity index is 1.96. The van der Waals surface area contributed by atoms with Gasteiger partial charge in [-0.1, -0.05) is 43.2 Å². The van der Waals surface area contributed by atoms with E-state index in [1.807, 2.05) is 30.3 Å². The monoisotopic (exact) mass is 351 g/mol. The van der Waals surface area contributed by atoms with Gasteiger partial charge in [0, 0.05) is 0 Å². The number of rotatable bonds is 3. The van der Waals surface area contributed by atoms with Crippen molar-refractivity contribution in [2.45, 2.75) is 37.3 Å². The Hall–Kier alpha value is -2.37. The molecule has 132 valence electrons. The molecule has 2 aromatic rings. The highest BCUT2D eigenvalue weighted by Gasteiger charge is 2.43. The summed E-state index contributed by atoms with van der Waals surface area (Å²) < 4.78 is 52.7. The standard InChI is InChI=1S/C19H17F4NO/c20-14-8-9-16(15(12-14)19(21,22)23)24-17(25)18(10-4-5-11-18)13-6-2-1-3-7-13/h1-3,6-9,12H,4-5,10-11H2,(H,24,25). The third-order valence-corrected chi connectivity index (χ3v) is 4.75. The van der Waals surface area contributed by atoms with E-state index in [2.05, 4.69) is 5.32 Å². The van der Waals surface area contributed by atoms with E-state index in [1.165, 1.54) is 0 Å². The van der Waals surface area contributed by atoms with Gasteiger partial charge in [0.2, 0.25) is 5.91 Å². The number of hydrogen-bond acceptors (Lipinski definition) is 1. The Morgan fingerprint density at radius 3 is 2.24 bits per heavy atom. The molecule has 0 aromatic heterocycles. The molecule has 1 aliphatic carbocycles. The molecule has 2 aromatic carbocycles. The van der Waals surface area contributed by atoms with Gasteiger partial charge < -0.3 is 5.32 Å². The largest absolute Gasteiger partial charge is 0.418 e. The van der Waals surface area contributed by atoms with Crippen LogP contribution >= 0.6 is 0 Å². The molecule has 0 bridgehead atoms. The minimum Gasteiger partial charge on any atom is -0.325 e. The smallest absolute Gasteiger partial charge is 0.325 e. The van der Waals surface area contributed by atoms with Gasteiger partial charge in [0.1, 0.15) is 5.82 Å². The van der Waals surface area contributed by atoms with Crippen molar-refractivity contribution in [2.24, 2.45) is 0 Å². The van der Waals surface area contributed by atoms with Gasteiger partial charge in [-0.25, -0.2) is 4.39 Å². The highest BCUT2D eigenvalue weighted by molar-refractivity contribution is 6.00. The number of benzene rings is 2. The fourth-order valence-electron chi connectivity index (χ4n) is 3.48. The molecule has 0 radical (unpaired) electrons. The van der Waals surface area contributed by atoms with Crippen molar-refractivity contribution in [3.05, 3.63) is 65.5 Å². The van der Waals surface area contributed by atoms with Crippen molar-refractivity contribution < 1.29 is 22.4 Å². The molecule has 0 heterocycles. The van der Waals surface area contributed by atoms with Crippen molar-refractivity contribution in [1.29, 1.82) is 0 Å². The van der Waals surface area contributed by atoms with Gasteiger partial charge >= 0.3 is 6.18 Å². The molecule has 1 saturated carbocycles. The second kappa shape index (κ2) is 6.50. The molecule has 0 spiro atoms. The molecule has 25 heavy (non-hydrogen) atoms. The fraction of sp³-hybridized carbons (Fsp3) is 0.316. The Kier molecular flexibility index (Phi) is 4.54. The number of hydrogen-bond donors (Lipinski definition) is 1. The molecule has 3 rings (SSSR count). The summed E-state index contributed by atoms with van der Waals surface area (Å²) in [4.78, 5) is 12.9. The third-order valence-electron chi connectivity index (χ3n) is 4.75. The van der Waals surface area contributed by atoms with Gasteiger partial charge in [0.05, 0.1) is 16.7 Å². The van der Waals surface area contributed by atoms with E-state index in [-0.39, 0.29) is 0 Å². The van der Waals surface area contributed by atoms with Crippen molar-refractivity contribution in [1.82, 2.24) is 0 Å². The lowest BCUT2D eigenvalue weighted by Gasteiger charge is -2.29. The highest BCUT2D eigenvalue weighted by Crippen LogP contribution is 2.43. The first kappa shape index (κ1) is 17.5.